The molecule has 4 aliphatic rings. The molecular formula is C45H38N2O2. The third kappa shape index (κ3) is 3.71. The van der Waals surface area contributed by atoms with Gasteiger partial charge >= 0.3 is 0 Å². The number of piperidine rings is 2. The highest BCUT2D eigenvalue weighted by Gasteiger charge is 2.77. The Hall–Kier alpha value is -4.90. The summed E-state index contributed by atoms with van der Waals surface area (Å²) in [4.78, 5) is 36.8. The summed E-state index contributed by atoms with van der Waals surface area (Å²) in [6, 6.07) is 42.5. The van der Waals surface area contributed by atoms with Gasteiger partial charge in [-0.1, -0.05) is 128 Å². The van der Waals surface area contributed by atoms with Crippen LogP contribution in [0.3, 0.4) is 0 Å². The third-order valence-electron chi connectivity index (χ3n) is 12.4. The van der Waals surface area contributed by atoms with E-state index >= 15 is 9.59 Å². The van der Waals surface area contributed by atoms with Gasteiger partial charge in [-0.3, -0.25) is 14.5 Å². The largest absolute Gasteiger partial charge is 0.301 e. The lowest BCUT2D eigenvalue weighted by molar-refractivity contribution is -0.134. The lowest BCUT2D eigenvalue weighted by Gasteiger charge is -2.52. The predicted molar refractivity (Wildman–Crippen MR) is 198 cm³/mol. The second kappa shape index (κ2) is 10.5. The minimum Gasteiger partial charge on any atom is -0.301 e. The number of carbonyl (C=O) groups is 2. The average Bonchev–Trinajstić information content (AvgIpc) is 3.55. The zero-order valence-electron chi connectivity index (χ0n) is 27.7. The molecule has 3 saturated heterocycles. The van der Waals surface area contributed by atoms with E-state index in [0.29, 0.717) is 13.1 Å². The van der Waals surface area contributed by atoms with E-state index in [1.54, 1.807) is 0 Å². The molecule has 3 aliphatic heterocycles. The molecule has 4 atom stereocenters. The van der Waals surface area contributed by atoms with Gasteiger partial charge < -0.3 is 4.90 Å². The molecule has 0 radical (unpaired) electrons. The van der Waals surface area contributed by atoms with E-state index in [0.717, 1.165) is 69.6 Å². The highest BCUT2D eigenvalue weighted by Crippen LogP contribution is 2.69. The standard InChI is InChI=1S/C45H38N2O2/c1-46-27-33(26-32-18-8-14-29-12-2-4-19-34(29)32)42(48)44(28-46)41(36-21-9-15-30-13-3-5-20-35(30)36)39-24-6-7-25-47(39)45(44)38-23-11-17-31-16-10-22-37(40(31)38)43(45)49/h2-5,8-23,26,39,41H,6-7,24-25,27-28H2,1H3/b33-26+/t39-,41-,44-,45-/m0/s1. The number of nitrogens with zero attached hydrogens (tertiary/aromatic N) is 2. The van der Waals surface area contributed by atoms with Crippen LogP contribution in [-0.4, -0.2) is 54.1 Å². The first-order valence-electron chi connectivity index (χ1n) is 17.8. The van der Waals surface area contributed by atoms with E-state index in [9.17, 15) is 0 Å². The van der Waals surface area contributed by atoms with Crippen molar-refractivity contribution >= 4 is 50.0 Å². The summed E-state index contributed by atoms with van der Waals surface area (Å²) in [7, 11) is 2.14. The van der Waals surface area contributed by atoms with Gasteiger partial charge in [0.2, 0.25) is 0 Å². The van der Waals surface area contributed by atoms with Crippen molar-refractivity contribution in [1.29, 1.82) is 0 Å². The van der Waals surface area contributed by atoms with Gasteiger partial charge in [0, 0.05) is 36.2 Å². The number of likely N-dealkylation sites (tertiary alicyclic amines) is 1. The van der Waals surface area contributed by atoms with E-state index < -0.39 is 11.0 Å². The van der Waals surface area contributed by atoms with Crippen molar-refractivity contribution in [3.05, 3.63) is 149 Å². The van der Waals surface area contributed by atoms with Gasteiger partial charge in [-0.2, -0.15) is 0 Å². The molecule has 240 valence electrons. The van der Waals surface area contributed by atoms with Gasteiger partial charge in [-0.15, -0.1) is 0 Å². The van der Waals surface area contributed by atoms with E-state index in [4.69, 9.17) is 0 Å². The molecule has 1 aliphatic carbocycles. The van der Waals surface area contributed by atoms with Crippen molar-refractivity contribution in [2.75, 3.05) is 26.7 Å². The molecule has 0 amide bonds. The van der Waals surface area contributed by atoms with Crippen molar-refractivity contribution in [3.63, 3.8) is 0 Å². The van der Waals surface area contributed by atoms with Gasteiger partial charge in [0.25, 0.3) is 0 Å². The summed E-state index contributed by atoms with van der Waals surface area (Å²) in [5.41, 5.74) is 2.62. The normalized spacial score (nSPS) is 27.7. The average molecular weight is 639 g/mol. The highest BCUT2D eigenvalue weighted by molar-refractivity contribution is 6.24. The molecule has 6 aromatic carbocycles. The lowest BCUT2D eigenvalue weighted by atomic mass is 9.54. The minimum absolute atomic E-state index is 0.0438. The summed E-state index contributed by atoms with van der Waals surface area (Å²) in [6.07, 6.45) is 5.19. The third-order valence-corrected chi connectivity index (χ3v) is 12.4. The SMILES string of the molecule is CN1C/C(=C\c2cccc3ccccc23)C(=O)[C@]2(C1)[C@@H](c1cccc3ccccc13)[C@@H]1CCCCN1[C@@]21C(=O)c2cccc3cccc1c23. The van der Waals surface area contributed by atoms with E-state index in [2.05, 4.69) is 132 Å². The van der Waals surface area contributed by atoms with Crippen LogP contribution < -0.4 is 0 Å². The Morgan fingerprint density at radius 3 is 2.20 bits per heavy atom. The fourth-order valence-electron chi connectivity index (χ4n) is 10.8. The Bertz CT molecular complexity index is 2390. The summed E-state index contributed by atoms with van der Waals surface area (Å²) in [5.74, 6) is 0.0460. The quantitative estimate of drug-likeness (QED) is 0.178. The maximum atomic E-state index is 16.2. The van der Waals surface area contributed by atoms with Crippen LogP contribution in [0, 0.1) is 5.41 Å². The van der Waals surface area contributed by atoms with Gasteiger partial charge in [-0.25, -0.2) is 0 Å². The monoisotopic (exact) mass is 638 g/mol. The molecule has 0 aromatic heterocycles. The molecule has 6 aromatic rings. The number of hydrogen-bond acceptors (Lipinski definition) is 4. The first kappa shape index (κ1) is 29.1. The number of benzene rings is 6. The molecule has 0 bridgehead atoms. The summed E-state index contributed by atoms with van der Waals surface area (Å²) >= 11 is 0. The Morgan fingerprint density at radius 2 is 1.37 bits per heavy atom. The predicted octanol–water partition coefficient (Wildman–Crippen LogP) is 8.77. The molecule has 4 heteroatoms. The minimum atomic E-state index is -1.12. The molecule has 3 fully saturated rings. The van der Waals surface area contributed by atoms with Crippen LogP contribution in [0.25, 0.3) is 38.4 Å². The number of ketones is 2. The van der Waals surface area contributed by atoms with Gasteiger partial charge in [0.05, 0.1) is 5.41 Å². The molecule has 0 unspecified atom stereocenters. The number of Topliss-reactive ketones (excluding diaryl/α,β-unsaturated/α-hetero) is 2. The van der Waals surface area contributed by atoms with Gasteiger partial charge in [0.15, 0.2) is 11.6 Å². The van der Waals surface area contributed by atoms with Gasteiger partial charge in [0.1, 0.15) is 5.54 Å². The number of likely N-dealkylation sites (N-methyl/N-ethyl adjacent to an activating group) is 1. The number of carbonyl (C=O) groups excluding carboxylic acids is 2. The molecule has 4 nitrogen and oxygen atoms in total. The second-order valence-electron chi connectivity index (χ2n) is 14.8. The first-order chi connectivity index (χ1) is 24.0. The molecule has 2 spiro atoms. The smallest absolute Gasteiger partial charge is 0.189 e. The van der Waals surface area contributed by atoms with Crippen LogP contribution >= 0.6 is 0 Å². The van der Waals surface area contributed by atoms with Crippen LogP contribution in [0.15, 0.2) is 127 Å². The zero-order valence-corrected chi connectivity index (χ0v) is 27.7. The Labute approximate surface area is 286 Å². The molecule has 10 rings (SSSR count). The van der Waals surface area contributed by atoms with Crippen LogP contribution in [-0.2, 0) is 10.3 Å². The van der Waals surface area contributed by atoms with E-state index in [1.165, 1.54) is 16.3 Å². The molecule has 0 saturated carbocycles. The number of hydrogen-bond donors (Lipinski definition) is 0. The van der Waals surface area contributed by atoms with Crippen LogP contribution in [0.1, 0.15) is 52.2 Å². The Balaban J connectivity index is 1.32. The summed E-state index contributed by atoms with van der Waals surface area (Å²) in [5, 5.41) is 6.73. The van der Waals surface area contributed by atoms with Crippen molar-refractivity contribution in [2.45, 2.75) is 36.8 Å². The van der Waals surface area contributed by atoms with Crippen molar-refractivity contribution in [1.82, 2.24) is 9.80 Å². The maximum absolute atomic E-state index is 16.2. The number of rotatable bonds is 2. The fraction of sp³-hybridized carbons (Fsp3) is 0.244. The fourth-order valence-corrected chi connectivity index (χ4v) is 10.8. The van der Waals surface area contributed by atoms with Crippen LogP contribution in [0.4, 0.5) is 0 Å². The Kier molecular flexibility index (Phi) is 6.25. The van der Waals surface area contributed by atoms with Crippen LogP contribution in [0.5, 0.6) is 0 Å². The maximum Gasteiger partial charge on any atom is 0.189 e. The Morgan fingerprint density at radius 1 is 0.694 bits per heavy atom. The summed E-state index contributed by atoms with van der Waals surface area (Å²) < 4.78 is 0. The molecule has 49 heavy (non-hydrogen) atoms. The summed E-state index contributed by atoms with van der Waals surface area (Å²) in [6.45, 7) is 1.84. The molecular weight excluding hydrogens is 601 g/mol. The van der Waals surface area contributed by atoms with E-state index in [1.807, 2.05) is 12.1 Å². The van der Waals surface area contributed by atoms with Crippen LogP contribution in [0.2, 0.25) is 0 Å². The van der Waals surface area contributed by atoms with Gasteiger partial charge in [-0.05, 0) is 81.5 Å². The van der Waals surface area contributed by atoms with Crippen molar-refractivity contribution < 1.29 is 9.59 Å². The van der Waals surface area contributed by atoms with E-state index in [-0.39, 0.29) is 23.5 Å². The second-order valence-corrected chi connectivity index (χ2v) is 14.8. The number of fused-ring (bicyclic) bond motifs is 6. The van der Waals surface area contributed by atoms with Crippen molar-refractivity contribution in [3.8, 4) is 0 Å². The lowest BCUT2D eigenvalue weighted by Crippen LogP contribution is -2.65. The molecule has 0 N–H and O–H groups in total. The zero-order chi connectivity index (χ0) is 32.9. The first-order valence-corrected chi connectivity index (χ1v) is 17.8. The topological polar surface area (TPSA) is 40.6 Å². The molecule has 3 heterocycles. The van der Waals surface area contributed by atoms with Crippen molar-refractivity contribution in [2.24, 2.45) is 5.41 Å². The highest BCUT2D eigenvalue weighted by atomic mass is 16.1.